The van der Waals surface area contributed by atoms with Crippen LogP contribution in [0, 0.1) is 6.92 Å². The van der Waals surface area contributed by atoms with Crippen LogP contribution in [0.3, 0.4) is 0 Å². The van der Waals surface area contributed by atoms with Crippen LogP contribution in [-0.4, -0.2) is 33.8 Å². The number of nitrogens with zero attached hydrogens (tertiary/aromatic N) is 1. The molecule has 4 aromatic rings. The molecule has 0 aliphatic carbocycles. The summed E-state index contributed by atoms with van der Waals surface area (Å²) in [4.78, 5) is 33.4. The Morgan fingerprint density at radius 2 is 1.97 bits per heavy atom. The maximum absolute atomic E-state index is 13.1. The van der Waals surface area contributed by atoms with E-state index in [1.54, 1.807) is 36.0 Å². The third kappa shape index (κ3) is 4.86. The fourth-order valence-corrected chi connectivity index (χ4v) is 3.85. The van der Waals surface area contributed by atoms with Gasteiger partial charge in [-0.25, -0.2) is 4.98 Å². The number of amides is 2. The number of fused-ring (bicyclic) bond motifs is 1. The van der Waals surface area contributed by atoms with Crippen LogP contribution in [0.2, 0.25) is 0 Å². The summed E-state index contributed by atoms with van der Waals surface area (Å²) in [6, 6.07) is 16.0. The minimum atomic E-state index is -0.365. The minimum Gasteiger partial charge on any atom is -0.459 e. The first-order valence-electron chi connectivity index (χ1n) is 10.2. The first-order valence-corrected chi connectivity index (χ1v) is 11.6. The molecule has 2 aromatic carbocycles. The standard InChI is InChI=1S/C24H24N4O3S/c1-15-9-10-16(14-20(15)28-24(30)21-8-5-12-31-21)23(29)27-19(11-13-32-2)22-25-17-6-3-4-7-18(17)26-22/h3-10,12,14,19H,11,13H2,1-2H3,(H,25,26)(H,27,29)(H,28,30)/t19-/m1/s1. The molecule has 0 aliphatic heterocycles. The average Bonchev–Trinajstić information content (AvgIpc) is 3.48. The summed E-state index contributed by atoms with van der Waals surface area (Å²) in [6.07, 6.45) is 4.21. The van der Waals surface area contributed by atoms with Gasteiger partial charge in [-0.2, -0.15) is 11.8 Å². The van der Waals surface area contributed by atoms with Crippen molar-refractivity contribution in [2.24, 2.45) is 0 Å². The minimum absolute atomic E-state index is 0.210. The van der Waals surface area contributed by atoms with Gasteiger partial charge in [0.25, 0.3) is 11.8 Å². The van der Waals surface area contributed by atoms with Crippen molar-refractivity contribution in [2.75, 3.05) is 17.3 Å². The molecule has 2 aromatic heterocycles. The average molecular weight is 449 g/mol. The molecule has 2 amide bonds. The topological polar surface area (TPSA) is 100 Å². The molecule has 0 aliphatic rings. The van der Waals surface area contributed by atoms with Gasteiger partial charge in [0.15, 0.2) is 5.76 Å². The molecule has 2 heterocycles. The number of benzene rings is 2. The number of aromatic amines is 1. The summed E-state index contributed by atoms with van der Waals surface area (Å²) in [7, 11) is 0. The van der Waals surface area contributed by atoms with E-state index in [-0.39, 0.29) is 23.6 Å². The second kappa shape index (κ2) is 9.74. The largest absolute Gasteiger partial charge is 0.459 e. The molecule has 8 heteroatoms. The number of thioether (sulfide) groups is 1. The maximum Gasteiger partial charge on any atom is 0.291 e. The first kappa shape index (κ1) is 21.7. The number of rotatable bonds is 8. The zero-order valence-corrected chi connectivity index (χ0v) is 18.7. The van der Waals surface area contributed by atoms with Crippen LogP contribution in [0.5, 0.6) is 0 Å². The van der Waals surface area contributed by atoms with E-state index in [1.807, 2.05) is 43.5 Å². The summed E-state index contributed by atoms with van der Waals surface area (Å²) < 4.78 is 5.15. The highest BCUT2D eigenvalue weighted by Gasteiger charge is 2.20. The third-order valence-corrected chi connectivity index (χ3v) is 5.79. The lowest BCUT2D eigenvalue weighted by Gasteiger charge is -2.17. The van der Waals surface area contributed by atoms with Crippen molar-refractivity contribution in [3.05, 3.63) is 83.6 Å². The van der Waals surface area contributed by atoms with Gasteiger partial charge in [0.1, 0.15) is 5.82 Å². The number of aromatic nitrogens is 2. The molecule has 0 spiro atoms. The van der Waals surface area contributed by atoms with Crippen molar-refractivity contribution >= 4 is 40.3 Å². The summed E-state index contributed by atoms with van der Waals surface area (Å²) in [5, 5.41) is 5.91. The van der Waals surface area contributed by atoms with Gasteiger partial charge >= 0.3 is 0 Å². The Hall–Kier alpha value is -3.52. The summed E-state index contributed by atoms with van der Waals surface area (Å²) in [6.45, 7) is 1.87. The lowest BCUT2D eigenvalue weighted by Crippen LogP contribution is -2.30. The molecule has 0 bridgehead atoms. The number of carbonyl (C=O) groups is 2. The van der Waals surface area contributed by atoms with Crippen LogP contribution in [0.15, 0.2) is 65.3 Å². The van der Waals surface area contributed by atoms with Gasteiger partial charge < -0.3 is 20.0 Å². The highest BCUT2D eigenvalue weighted by Crippen LogP contribution is 2.22. The van der Waals surface area contributed by atoms with Gasteiger partial charge in [0.2, 0.25) is 0 Å². The number of H-pyrrole nitrogens is 1. The molecule has 0 unspecified atom stereocenters. The molecule has 32 heavy (non-hydrogen) atoms. The van der Waals surface area contributed by atoms with Crippen molar-refractivity contribution < 1.29 is 14.0 Å². The van der Waals surface area contributed by atoms with Gasteiger partial charge in [0.05, 0.1) is 23.3 Å². The van der Waals surface area contributed by atoms with Crippen LogP contribution in [0.25, 0.3) is 11.0 Å². The van der Waals surface area contributed by atoms with E-state index in [2.05, 4.69) is 20.6 Å². The van der Waals surface area contributed by atoms with E-state index in [0.717, 1.165) is 34.6 Å². The number of para-hydroxylation sites is 2. The van der Waals surface area contributed by atoms with Crippen LogP contribution in [0.4, 0.5) is 5.69 Å². The van der Waals surface area contributed by atoms with Crippen LogP contribution in [-0.2, 0) is 0 Å². The van der Waals surface area contributed by atoms with Crippen LogP contribution >= 0.6 is 11.8 Å². The first-order chi connectivity index (χ1) is 15.5. The van der Waals surface area contributed by atoms with E-state index >= 15 is 0 Å². The van der Waals surface area contributed by atoms with Crippen molar-refractivity contribution in [1.82, 2.24) is 15.3 Å². The Labute approximate surface area is 190 Å². The van der Waals surface area contributed by atoms with E-state index in [9.17, 15) is 9.59 Å². The Kier molecular flexibility index (Phi) is 6.61. The van der Waals surface area contributed by atoms with E-state index < -0.39 is 0 Å². The van der Waals surface area contributed by atoms with Gasteiger partial charge in [0, 0.05) is 11.3 Å². The second-order valence-corrected chi connectivity index (χ2v) is 8.39. The van der Waals surface area contributed by atoms with Crippen LogP contribution < -0.4 is 10.6 Å². The zero-order valence-electron chi connectivity index (χ0n) is 17.8. The Morgan fingerprint density at radius 1 is 1.12 bits per heavy atom. The number of anilines is 1. The number of hydrogen-bond donors (Lipinski definition) is 3. The van der Waals surface area contributed by atoms with Crippen molar-refractivity contribution in [1.29, 1.82) is 0 Å². The van der Waals surface area contributed by atoms with Crippen molar-refractivity contribution in [3.8, 4) is 0 Å². The summed E-state index contributed by atoms with van der Waals surface area (Å²) in [5.74, 6) is 1.22. The summed E-state index contributed by atoms with van der Waals surface area (Å²) in [5.41, 5.74) is 3.66. The molecular weight excluding hydrogens is 424 g/mol. The Morgan fingerprint density at radius 3 is 2.72 bits per heavy atom. The highest BCUT2D eigenvalue weighted by molar-refractivity contribution is 7.98. The number of imidazole rings is 1. The number of furan rings is 1. The lowest BCUT2D eigenvalue weighted by molar-refractivity contribution is 0.0932. The Balaban J connectivity index is 1.54. The number of carbonyl (C=O) groups excluding carboxylic acids is 2. The van der Waals surface area contributed by atoms with E-state index in [0.29, 0.717) is 11.3 Å². The smallest absolute Gasteiger partial charge is 0.291 e. The van der Waals surface area contributed by atoms with E-state index in [1.165, 1.54) is 6.26 Å². The monoisotopic (exact) mass is 448 g/mol. The predicted molar refractivity (Wildman–Crippen MR) is 127 cm³/mol. The van der Waals surface area contributed by atoms with Gasteiger partial charge in [-0.3, -0.25) is 9.59 Å². The second-order valence-electron chi connectivity index (χ2n) is 7.41. The molecule has 3 N–H and O–H groups in total. The molecule has 0 radical (unpaired) electrons. The van der Waals surface area contributed by atoms with Gasteiger partial charge in [-0.1, -0.05) is 18.2 Å². The van der Waals surface area contributed by atoms with Crippen LogP contribution in [0.1, 0.15) is 44.8 Å². The quantitative estimate of drug-likeness (QED) is 0.354. The van der Waals surface area contributed by atoms with Crippen molar-refractivity contribution in [3.63, 3.8) is 0 Å². The third-order valence-electron chi connectivity index (χ3n) is 5.15. The molecular formula is C24H24N4O3S. The van der Waals surface area contributed by atoms with Crippen molar-refractivity contribution in [2.45, 2.75) is 19.4 Å². The molecule has 4 rings (SSSR count). The molecule has 0 saturated heterocycles. The lowest BCUT2D eigenvalue weighted by atomic mass is 10.1. The van der Waals surface area contributed by atoms with Gasteiger partial charge in [-0.15, -0.1) is 0 Å². The molecule has 1 atom stereocenters. The zero-order chi connectivity index (χ0) is 22.5. The fraction of sp³-hybridized carbons (Fsp3) is 0.208. The summed E-state index contributed by atoms with van der Waals surface area (Å²) >= 11 is 1.71. The predicted octanol–water partition coefficient (Wildman–Crippen LogP) is 4.94. The molecule has 7 nitrogen and oxygen atoms in total. The number of nitrogens with one attached hydrogen (secondary N) is 3. The number of aryl methyl sites for hydroxylation is 1. The van der Waals surface area contributed by atoms with Gasteiger partial charge in [-0.05, 0) is 67.3 Å². The Bertz CT molecular complexity index is 1200. The normalized spacial score (nSPS) is 11.9. The molecule has 164 valence electrons. The molecule has 0 fully saturated rings. The fourth-order valence-electron chi connectivity index (χ4n) is 3.38. The maximum atomic E-state index is 13.1. The number of hydrogen-bond acceptors (Lipinski definition) is 5. The van der Waals surface area contributed by atoms with E-state index in [4.69, 9.17) is 4.42 Å². The molecule has 0 saturated carbocycles. The highest BCUT2D eigenvalue weighted by atomic mass is 32.2. The SMILES string of the molecule is CSCC[C@@H](NC(=O)c1ccc(C)c(NC(=O)c2ccco2)c1)c1nc2ccccc2[nH]1.